The van der Waals surface area contributed by atoms with E-state index in [-0.39, 0.29) is 17.6 Å². The molecule has 0 radical (unpaired) electrons. The molecule has 0 bridgehead atoms. The van der Waals surface area contributed by atoms with Crippen molar-refractivity contribution in [2.75, 3.05) is 46.3 Å². The van der Waals surface area contributed by atoms with Gasteiger partial charge in [-0.05, 0) is 150 Å². The molecule has 0 heterocycles. The van der Waals surface area contributed by atoms with E-state index in [0.29, 0.717) is 18.5 Å². The number of rotatable bonds is 18. The standard InChI is InChI=1S/C39H72N4O2/c1-29(2)12-9-13-30(3)34-16-17-35-33-15-14-31-28-32(18-20-38(31,4)36(33)19-21-39(34,35)5)45-37(44)43(27-10-22-40)26-8-7-24-42-25-11-23-41-6/h14,29-30,32-36,41-42H,7-13,15-28,40H2,1-6H3/t30-,32+,33+,34-,35+,36?,38+,39?/m1/s1. The van der Waals surface area contributed by atoms with Gasteiger partial charge in [0.05, 0.1) is 0 Å². The van der Waals surface area contributed by atoms with Gasteiger partial charge in [0.25, 0.3) is 0 Å². The van der Waals surface area contributed by atoms with Crippen molar-refractivity contribution in [2.45, 2.75) is 137 Å². The Morgan fingerprint density at radius 2 is 1.73 bits per heavy atom. The van der Waals surface area contributed by atoms with E-state index < -0.39 is 0 Å². The first-order valence-corrected chi connectivity index (χ1v) is 19.3. The third kappa shape index (κ3) is 9.08. The fraction of sp³-hybridized carbons (Fsp3) is 0.923. The van der Waals surface area contributed by atoms with Gasteiger partial charge in [0.1, 0.15) is 6.10 Å². The van der Waals surface area contributed by atoms with Crippen molar-refractivity contribution >= 4 is 6.09 Å². The Morgan fingerprint density at radius 1 is 0.956 bits per heavy atom. The third-order valence-electron chi connectivity index (χ3n) is 13.2. The van der Waals surface area contributed by atoms with Gasteiger partial charge in [-0.1, -0.05) is 65.5 Å². The van der Waals surface area contributed by atoms with Crippen LogP contribution in [0, 0.1) is 46.3 Å². The molecule has 4 aliphatic carbocycles. The van der Waals surface area contributed by atoms with Crippen LogP contribution in [-0.2, 0) is 4.74 Å². The number of unbranched alkanes of at least 4 members (excludes halogenated alkanes) is 1. The highest BCUT2D eigenvalue weighted by atomic mass is 16.6. The molecule has 0 aromatic carbocycles. The number of nitrogens with two attached hydrogens (primary N) is 1. The lowest BCUT2D eigenvalue weighted by Gasteiger charge is -2.58. The molecule has 0 aromatic rings. The summed E-state index contributed by atoms with van der Waals surface area (Å²) in [5, 5.41) is 6.70. The lowest BCUT2D eigenvalue weighted by Crippen LogP contribution is -2.51. The zero-order valence-electron chi connectivity index (χ0n) is 30.3. The molecular weight excluding hydrogens is 556 g/mol. The first-order chi connectivity index (χ1) is 21.6. The van der Waals surface area contributed by atoms with Crippen LogP contribution < -0.4 is 16.4 Å². The van der Waals surface area contributed by atoms with Crippen molar-refractivity contribution in [1.29, 1.82) is 0 Å². The Labute approximate surface area is 277 Å². The number of ether oxygens (including phenoxy) is 1. The summed E-state index contributed by atoms with van der Waals surface area (Å²) in [6.45, 7) is 17.7. The molecule has 0 spiro atoms. The van der Waals surface area contributed by atoms with Crippen LogP contribution in [0.4, 0.5) is 4.79 Å². The Kier molecular flexibility index (Phi) is 14.1. The maximum atomic E-state index is 13.4. The van der Waals surface area contributed by atoms with E-state index in [1.54, 1.807) is 5.57 Å². The van der Waals surface area contributed by atoms with Gasteiger partial charge in [-0.15, -0.1) is 0 Å². The number of hydrogen-bond acceptors (Lipinski definition) is 5. The smallest absolute Gasteiger partial charge is 0.410 e. The summed E-state index contributed by atoms with van der Waals surface area (Å²) in [6.07, 6.45) is 20.8. The van der Waals surface area contributed by atoms with Gasteiger partial charge in [-0.2, -0.15) is 0 Å². The number of hydrogen-bond donors (Lipinski definition) is 3. The second-order valence-corrected chi connectivity index (χ2v) is 16.6. The molecule has 6 nitrogen and oxygen atoms in total. The second kappa shape index (κ2) is 17.3. The average molecular weight is 629 g/mol. The fourth-order valence-corrected chi connectivity index (χ4v) is 10.6. The molecule has 2 unspecified atom stereocenters. The molecular formula is C39H72N4O2. The van der Waals surface area contributed by atoms with Crippen molar-refractivity contribution in [3.05, 3.63) is 11.6 Å². The zero-order valence-corrected chi connectivity index (χ0v) is 30.3. The lowest BCUT2D eigenvalue weighted by molar-refractivity contribution is -0.0593. The highest BCUT2D eigenvalue weighted by Crippen LogP contribution is 2.67. The van der Waals surface area contributed by atoms with Crippen molar-refractivity contribution in [3.63, 3.8) is 0 Å². The lowest BCUT2D eigenvalue weighted by atomic mass is 9.47. The molecule has 0 aliphatic heterocycles. The van der Waals surface area contributed by atoms with Gasteiger partial charge in [-0.3, -0.25) is 0 Å². The first kappa shape index (κ1) is 36.7. The van der Waals surface area contributed by atoms with Crippen molar-refractivity contribution in [2.24, 2.45) is 52.1 Å². The topological polar surface area (TPSA) is 79.6 Å². The van der Waals surface area contributed by atoms with Crippen LogP contribution in [0.5, 0.6) is 0 Å². The summed E-state index contributed by atoms with van der Waals surface area (Å²) in [5.74, 6) is 5.13. The maximum absolute atomic E-state index is 13.4. The molecule has 4 N–H and O–H groups in total. The number of carbonyl (C=O) groups excluding carboxylic acids is 1. The van der Waals surface area contributed by atoms with Crippen LogP contribution in [0.25, 0.3) is 0 Å². The zero-order chi connectivity index (χ0) is 32.5. The Hall–Kier alpha value is -1.11. The number of nitrogens with one attached hydrogen (secondary N) is 2. The fourth-order valence-electron chi connectivity index (χ4n) is 10.6. The minimum Gasteiger partial charge on any atom is -0.446 e. The molecule has 260 valence electrons. The van der Waals surface area contributed by atoms with Crippen LogP contribution in [0.15, 0.2) is 11.6 Å². The van der Waals surface area contributed by atoms with E-state index in [2.05, 4.69) is 51.3 Å². The summed E-state index contributed by atoms with van der Waals surface area (Å²) in [5.41, 5.74) is 8.25. The van der Waals surface area contributed by atoms with E-state index >= 15 is 0 Å². The first-order valence-electron chi connectivity index (χ1n) is 19.3. The SMILES string of the molecule is CNCCCNCCCCN(CCCN)C(=O)O[C@H]1CC[C@@]2(C)C(=CC[C@@H]3C2CCC2(C)[C@@H]([C@H](C)CCCC(C)C)CC[C@@H]32)C1. The molecule has 1 amide bonds. The summed E-state index contributed by atoms with van der Waals surface area (Å²) in [4.78, 5) is 15.3. The van der Waals surface area contributed by atoms with E-state index in [0.717, 1.165) is 100 Å². The molecule has 4 rings (SSSR count). The molecule has 3 fully saturated rings. The highest BCUT2D eigenvalue weighted by Gasteiger charge is 2.59. The quantitative estimate of drug-likeness (QED) is 0.105. The second-order valence-electron chi connectivity index (χ2n) is 16.6. The Balaban J connectivity index is 1.30. The number of carbonyl (C=O) groups is 1. The van der Waals surface area contributed by atoms with E-state index in [1.807, 2.05) is 11.9 Å². The Morgan fingerprint density at radius 3 is 2.49 bits per heavy atom. The van der Waals surface area contributed by atoms with Gasteiger partial charge in [0.15, 0.2) is 0 Å². The molecule has 3 saturated carbocycles. The van der Waals surface area contributed by atoms with Crippen molar-refractivity contribution < 1.29 is 9.53 Å². The average Bonchev–Trinajstić information content (AvgIpc) is 3.37. The van der Waals surface area contributed by atoms with Crippen molar-refractivity contribution in [1.82, 2.24) is 15.5 Å². The molecule has 0 saturated heterocycles. The van der Waals surface area contributed by atoms with E-state index in [9.17, 15) is 4.79 Å². The normalized spacial score (nSPS) is 33.2. The van der Waals surface area contributed by atoms with E-state index in [4.69, 9.17) is 10.5 Å². The number of allylic oxidation sites excluding steroid dienone is 1. The Bertz CT molecular complexity index is 938. The summed E-state index contributed by atoms with van der Waals surface area (Å²) >= 11 is 0. The van der Waals surface area contributed by atoms with Gasteiger partial charge in [0.2, 0.25) is 0 Å². The number of amides is 1. The van der Waals surface area contributed by atoms with Crippen LogP contribution in [0.1, 0.15) is 131 Å². The third-order valence-corrected chi connectivity index (χ3v) is 13.2. The molecule has 0 aromatic heterocycles. The number of nitrogens with zero attached hydrogens (tertiary/aromatic N) is 1. The maximum Gasteiger partial charge on any atom is 0.410 e. The summed E-state index contributed by atoms with van der Waals surface area (Å²) < 4.78 is 6.26. The highest BCUT2D eigenvalue weighted by molar-refractivity contribution is 5.67. The predicted octanol–water partition coefficient (Wildman–Crippen LogP) is 8.16. The van der Waals surface area contributed by atoms with Gasteiger partial charge >= 0.3 is 6.09 Å². The summed E-state index contributed by atoms with van der Waals surface area (Å²) in [6, 6.07) is 0. The number of fused-ring (bicyclic) bond motifs is 5. The molecule has 4 aliphatic rings. The van der Waals surface area contributed by atoms with Gasteiger partial charge in [-0.25, -0.2) is 4.79 Å². The van der Waals surface area contributed by atoms with Crippen LogP contribution in [-0.4, -0.2) is 63.4 Å². The molecule has 8 atom stereocenters. The van der Waals surface area contributed by atoms with Crippen LogP contribution in [0.3, 0.4) is 0 Å². The molecule has 6 heteroatoms. The van der Waals surface area contributed by atoms with Crippen LogP contribution >= 0.6 is 0 Å². The van der Waals surface area contributed by atoms with E-state index in [1.165, 1.54) is 57.8 Å². The largest absolute Gasteiger partial charge is 0.446 e. The molecule has 45 heavy (non-hydrogen) atoms. The summed E-state index contributed by atoms with van der Waals surface area (Å²) in [7, 11) is 1.99. The van der Waals surface area contributed by atoms with Crippen LogP contribution in [0.2, 0.25) is 0 Å². The minimum atomic E-state index is -0.124. The predicted molar refractivity (Wildman–Crippen MR) is 189 cm³/mol. The monoisotopic (exact) mass is 629 g/mol. The van der Waals surface area contributed by atoms with Gasteiger partial charge in [0, 0.05) is 19.5 Å². The minimum absolute atomic E-state index is 0.0130. The van der Waals surface area contributed by atoms with Gasteiger partial charge < -0.3 is 26.0 Å². The van der Waals surface area contributed by atoms with Crippen molar-refractivity contribution in [3.8, 4) is 0 Å².